The second kappa shape index (κ2) is 14.5. The summed E-state index contributed by atoms with van der Waals surface area (Å²) in [6.07, 6.45) is -12.6. The van der Waals surface area contributed by atoms with Gasteiger partial charge in [-0.05, 0) is 54.8 Å². The molecule has 2 aromatic rings. The van der Waals surface area contributed by atoms with Crippen LogP contribution in [0.2, 0.25) is 0 Å². The second-order valence-electron chi connectivity index (χ2n) is 10.4. The van der Waals surface area contributed by atoms with Crippen molar-refractivity contribution < 1.29 is 74.4 Å². The monoisotopic (exact) mass is 624 g/mol. The van der Waals surface area contributed by atoms with E-state index in [-0.39, 0.29) is 30.3 Å². The lowest BCUT2D eigenvalue weighted by molar-refractivity contribution is -0.357. The summed E-state index contributed by atoms with van der Waals surface area (Å²) in [7, 11) is 0. The van der Waals surface area contributed by atoms with E-state index in [0.29, 0.717) is 11.1 Å². The Morgan fingerprint density at radius 1 is 0.818 bits per heavy atom. The highest BCUT2D eigenvalue weighted by atomic mass is 16.7. The number of carbonyl (C=O) groups is 1. The van der Waals surface area contributed by atoms with E-state index < -0.39 is 79.7 Å². The molecule has 242 valence electrons. The molecule has 2 aromatic carbocycles. The quantitative estimate of drug-likeness (QED) is 0.0873. The first kappa shape index (κ1) is 33.4. The SMILES string of the molecule is C[C@H]1O[C@@H](O[C@H]2[C@@H](O)[C@@H](OCCc3ccc(O)c(O)c3)O[C@H](CO)[C@@H]2OC(=O)/C=C/c2ccc(O)c(O)c2)[C@H](O)[C@H](O)[C@H]1O. The molecule has 2 heterocycles. The normalized spacial score (nSPS) is 32.5. The van der Waals surface area contributed by atoms with Gasteiger partial charge in [0.25, 0.3) is 0 Å². The molecule has 2 fully saturated rings. The van der Waals surface area contributed by atoms with Crippen LogP contribution in [0.4, 0.5) is 0 Å². The van der Waals surface area contributed by atoms with Crippen molar-refractivity contribution in [2.75, 3.05) is 13.2 Å². The molecule has 0 radical (unpaired) electrons. The van der Waals surface area contributed by atoms with Gasteiger partial charge in [-0.25, -0.2) is 4.79 Å². The van der Waals surface area contributed by atoms with Crippen molar-refractivity contribution >= 4 is 12.0 Å². The molecule has 0 aliphatic carbocycles. The highest BCUT2D eigenvalue weighted by Gasteiger charge is 2.52. The maximum absolute atomic E-state index is 12.8. The lowest BCUT2D eigenvalue weighted by Gasteiger charge is -2.46. The first-order valence-electron chi connectivity index (χ1n) is 13.7. The fraction of sp³-hybridized carbons (Fsp3) is 0.483. The van der Waals surface area contributed by atoms with Gasteiger partial charge in [-0.1, -0.05) is 12.1 Å². The molecule has 9 N–H and O–H groups in total. The minimum Gasteiger partial charge on any atom is -0.504 e. The molecule has 0 unspecified atom stereocenters. The average Bonchev–Trinajstić information content (AvgIpc) is 2.99. The van der Waals surface area contributed by atoms with Gasteiger partial charge in [0.1, 0.15) is 36.6 Å². The number of esters is 1. The van der Waals surface area contributed by atoms with Crippen LogP contribution in [0.5, 0.6) is 23.0 Å². The van der Waals surface area contributed by atoms with E-state index in [4.69, 9.17) is 23.7 Å². The van der Waals surface area contributed by atoms with Crippen LogP contribution in [-0.2, 0) is 34.9 Å². The van der Waals surface area contributed by atoms with Crippen molar-refractivity contribution in [3.8, 4) is 23.0 Å². The molecule has 15 heteroatoms. The number of hydrogen-bond acceptors (Lipinski definition) is 15. The zero-order chi connectivity index (χ0) is 32.1. The molecule has 2 saturated heterocycles. The Bertz CT molecular complexity index is 1300. The first-order valence-corrected chi connectivity index (χ1v) is 13.7. The summed E-state index contributed by atoms with van der Waals surface area (Å²) in [5, 5.41) is 90.5. The van der Waals surface area contributed by atoms with Gasteiger partial charge >= 0.3 is 5.97 Å². The molecular weight excluding hydrogens is 588 g/mol. The third-order valence-corrected chi connectivity index (χ3v) is 7.27. The number of aliphatic hydroxyl groups excluding tert-OH is 5. The van der Waals surface area contributed by atoms with Crippen molar-refractivity contribution in [2.24, 2.45) is 0 Å². The van der Waals surface area contributed by atoms with E-state index in [2.05, 4.69) is 0 Å². The van der Waals surface area contributed by atoms with Crippen LogP contribution >= 0.6 is 0 Å². The van der Waals surface area contributed by atoms with Gasteiger partial charge in [-0.2, -0.15) is 0 Å². The van der Waals surface area contributed by atoms with Crippen LogP contribution in [0.25, 0.3) is 6.08 Å². The largest absolute Gasteiger partial charge is 0.504 e. The highest BCUT2D eigenvalue weighted by Crippen LogP contribution is 2.32. The Morgan fingerprint density at radius 2 is 1.50 bits per heavy atom. The Balaban J connectivity index is 1.52. The van der Waals surface area contributed by atoms with E-state index in [1.54, 1.807) is 6.07 Å². The van der Waals surface area contributed by atoms with Crippen molar-refractivity contribution in [2.45, 2.75) is 74.8 Å². The molecule has 0 saturated carbocycles. The summed E-state index contributed by atoms with van der Waals surface area (Å²) < 4.78 is 28.2. The third-order valence-electron chi connectivity index (χ3n) is 7.27. The van der Waals surface area contributed by atoms with Crippen molar-refractivity contribution in [1.29, 1.82) is 0 Å². The summed E-state index contributed by atoms with van der Waals surface area (Å²) in [6, 6.07) is 7.98. The van der Waals surface area contributed by atoms with Gasteiger partial charge in [0.2, 0.25) is 0 Å². The Kier molecular flexibility index (Phi) is 11.0. The smallest absolute Gasteiger partial charge is 0.331 e. The van der Waals surface area contributed by atoms with E-state index in [9.17, 15) is 50.8 Å². The number of benzene rings is 2. The molecular formula is C29H36O15. The number of carbonyl (C=O) groups excluding carboxylic acids is 1. The maximum atomic E-state index is 12.8. The van der Waals surface area contributed by atoms with Gasteiger partial charge < -0.3 is 69.6 Å². The van der Waals surface area contributed by atoms with E-state index in [1.165, 1.54) is 43.3 Å². The lowest BCUT2D eigenvalue weighted by Crippen LogP contribution is -2.65. The molecule has 2 aliphatic heterocycles. The van der Waals surface area contributed by atoms with Crippen LogP contribution in [-0.4, -0.2) is 127 Å². The van der Waals surface area contributed by atoms with Crippen LogP contribution in [0, 0.1) is 0 Å². The first-order chi connectivity index (χ1) is 20.9. The number of rotatable bonds is 10. The maximum Gasteiger partial charge on any atom is 0.331 e. The van der Waals surface area contributed by atoms with E-state index in [0.717, 1.165) is 6.08 Å². The van der Waals surface area contributed by atoms with E-state index in [1.807, 2.05) is 0 Å². The predicted molar refractivity (Wildman–Crippen MR) is 147 cm³/mol. The molecule has 0 amide bonds. The number of hydrogen-bond donors (Lipinski definition) is 9. The number of phenolic OH excluding ortho intramolecular Hbond substituents is 4. The van der Waals surface area contributed by atoms with Gasteiger partial charge in [-0.15, -0.1) is 0 Å². The molecule has 44 heavy (non-hydrogen) atoms. The number of aliphatic hydroxyl groups is 5. The summed E-state index contributed by atoms with van der Waals surface area (Å²) in [5.74, 6) is -2.40. The van der Waals surface area contributed by atoms with Crippen LogP contribution in [0.15, 0.2) is 42.5 Å². The molecule has 0 bridgehead atoms. The average molecular weight is 625 g/mol. The van der Waals surface area contributed by atoms with Crippen LogP contribution in [0.1, 0.15) is 18.1 Å². The fourth-order valence-electron chi connectivity index (χ4n) is 4.76. The van der Waals surface area contributed by atoms with Gasteiger partial charge in [-0.3, -0.25) is 0 Å². The highest BCUT2D eigenvalue weighted by molar-refractivity contribution is 5.87. The van der Waals surface area contributed by atoms with Crippen LogP contribution < -0.4 is 0 Å². The molecule has 15 nitrogen and oxygen atoms in total. The minimum absolute atomic E-state index is 0.0754. The topological polar surface area (TPSA) is 245 Å². The lowest BCUT2D eigenvalue weighted by atomic mass is 9.97. The zero-order valence-electron chi connectivity index (χ0n) is 23.5. The molecule has 0 spiro atoms. The number of phenols is 4. The van der Waals surface area contributed by atoms with Gasteiger partial charge in [0.15, 0.2) is 41.7 Å². The number of ether oxygens (including phenoxy) is 5. The summed E-state index contributed by atoms with van der Waals surface area (Å²) in [4.78, 5) is 12.8. The predicted octanol–water partition coefficient (Wildman–Crippen LogP) is -1.02. The summed E-state index contributed by atoms with van der Waals surface area (Å²) >= 11 is 0. The standard InChI is InChI=1S/C29H36O15/c1-13-22(36)23(37)24(38)29(41-13)44-27-25(39)28(40-9-8-15-3-6-17(32)19(34)11-15)42-20(12-30)26(27)43-21(35)7-4-14-2-5-16(31)18(33)10-14/h2-7,10-11,13,20,22-34,36-39H,8-9,12H2,1H3/b7-4+/t13-,20-,22+,23-,24-,25-,26+,27+,28+,29+/m1/s1. The zero-order valence-corrected chi connectivity index (χ0v) is 23.5. The Hall–Kier alpha value is -3.51. The van der Waals surface area contributed by atoms with Crippen molar-refractivity contribution in [3.63, 3.8) is 0 Å². The fourth-order valence-corrected chi connectivity index (χ4v) is 4.76. The third kappa shape index (κ3) is 7.76. The minimum atomic E-state index is -1.77. The molecule has 10 atom stereocenters. The summed E-state index contributed by atoms with van der Waals surface area (Å²) in [5.41, 5.74) is 0.914. The van der Waals surface area contributed by atoms with Crippen molar-refractivity contribution in [3.05, 3.63) is 53.6 Å². The van der Waals surface area contributed by atoms with Gasteiger partial charge in [0, 0.05) is 6.08 Å². The van der Waals surface area contributed by atoms with Crippen LogP contribution in [0.3, 0.4) is 0 Å². The Labute approximate surface area is 251 Å². The number of aromatic hydroxyl groups is 4. The molecule has 2 aliphatic rings. The molecule has 4 rings (SSSR count). The summed E-state index contributed by atoms with van der Waals surface area (Å²) in [6.45, 7) is 0.606. The van der Waals surface area contributed by atoms with Crippen molar-refractivity contribution in [1.82, 2.24) is 0 Å². The van der Waals surface area contributed by atoms with Gasteiger partial charge in [0.05, 0.1) is 19.3 Å². The molecule has 0 aromatic heterocycles. The Morgan fingerprint density at radius 3 is 2.16 bits per heavy atom. The second-order valence-corrected chi connectivity index (χ2v) is 10.4. The van der Waals surface area contributed by atoms with E-state index >= 15 is 0 Å².